The molecule has 2 atom stereocenters. The molecule has 90 valence electrons. The standard InChI is InChI=1S/C9H16F3NO2/c1-6(13-7(2)8(14)15)4-3-5-9(10,11)12/h6-7,13H,3-5H2,1-2H3,(H,14,15). The lowest BCUT2D eigenvalue weighted by Crippen LogP contribution is -2.39. The van der Waals surface area contributed by atoms with Crippen molar-refractivity contribution in [1.29, 1.82) is 0 Å². The largest absolute Gasteiger partial charge is 0.480 e. The Labute approximate surface area is 86.7 Å². The first-order valence-corrected chi connectivity index (χ1v) is 4.78. The number of nitrogens with one attached hydrogen (secondary N) is 1. The summed E-state index contributed by atoms with van der Waals surface area (Å²) < 4.78 is 35.3. The normalized spacial score (nSPS) is 16.1. The molecule has 6 heteroatoms. The number of rotatable bonds is 6. The second kappa shape index (κ2) is 5.95. The van der Waals surface area contributed by atoms with Gasteiger partial charge in [-0.3, -0.25) is 4.79 Å². The monoisotopic (exact) mass is 227 g/mol. The molecule has 0 bridgehead atoms. The Morgan fingerprint density at radius 2 is 1.93 bits per heavy atom. The summed E-state index contributed by atoms with van der Waals surface area (Å²) in [6.07, 6.45) is -4.61. The molecule has 0 saturated carbocycles. The van der Waals surface area contributed by atoms with E-state index >= 15 is 0 Å². The van der Waals surface area contributed by atoms with Crippen molar-refractivity contribution < 1.29 is 23.1 Å². The van der Waals surface area contributed by atoms with Crippen LogP contribution in [0.1, 0.15) is 33.1 Å². The van der Waals surface area contributed by atoms with Crippen molar-refractivity contribution in [3.8, 4) is 0 Å². The number of hydrogen-bond acceptors (Lipinski definition) is 2. The maximum Gasteiger partial charge on any atom is 0.389 e. The number of alkyl halides is 3. The molecule has 0 aliphatic rings. The van der Waals surface area contributed by atoms with Gasteiger partial charge < -0.3 is 10.4 Å². The van der Waals surface area contributed by atoms with Crippen LogP contribution in [0.15, 0.2) is 0 Å². The van der Waals surface area contributed by atoms with Gasteiger partial charge >= 0.3 is 12.1 Å². The van der Waals surface area contributed by atoms with Gasteiger partial charge in [-0.15, -0.1) is 0 Å². The van der Waals surface area contributed by atoms with Crippen LogP contribution in [0.25, 0.3) is 0 Å². The maximum atomic E-state index is 11.8. The number of carboxylic acids is 1. The average molecular weight is 227 g/mol. The molecular formula is C9H16F3NO2. The van der Waals surface area contributed by atoms with Gasteiger partial charge in [-0.05, 0) is 26.7 Å². The molecule has 0 aromatic carbocycles. The molecule has 0 aliphatic heterocycles. The molecule has 0 radical (unpaired) electrons. The molecule has 0 aromatic rings. The van der Waals surface area contributed by atoms with Crippen LogP contribution in [0, 0.1) is 0 Å². The van der Waals surface area contributed by atoms with Gasteiger partial charge in [0.1, 0.15) is 6.04 Å². The topological polar surface area (TPSA) is 49.3 Å². The van der Waals surface area contributed by atoms with Crippen LogP contribution in [0.5, 0.6) is 0 Å². The lowest BCUT2D eigenvalue weighted by atomic mass is 10.1. The fourth-order valence-corrected chi connectivity index (χ4v) is 1.19. The highest BCUT2D eigenvalue weighted by molar-refractivity contribution is 5.72. The van der Waals surface area contributed by atoms with Gasteiger partial charge in [0, 0.05) is 12.5 Å². The average Bonchev–Trinajstić information content (AvgIpc) is 2.01. The quantitative estimate of drug-likeness (QED) is 0.731. The van der Waals surface area contributed by atoms with Gasteiger partial charge in [0.15, 0.2) is 0 Å². The summed E-state index contributed by atoms with van der Waals surface area (Å²) in [5.74, 6) is -1.00. The van der Waals surface area contributed by atoms with Crippen molar-refractivity contribution in [1.82, 2.24) is 5.32 Å². The Morgan fingerprint density at radius 3 is 2.33 bits per heavy atom. The summed E-state index contributed by atoms with van der Waals surface area (Å²) in [4.78, 5) is 10.4. The van der Waals surface area contributed by atoms with Crippen molar-refractivity contribution in [2.45, 2.75) is 51.4 Å². The highest BCUT2D eigenvalue weighted by atomic mass is 19.4. The minimum absolute atomic E-state index is 0.0179. The van der Waals surface area contributed by atoms with E-state index in [1.807, 2.05) is 0 Å². The van der Waals surface area contributed by atoms with E-state index in [1.54, 1.807) is 6.92 Å². The molecule has 0 heterocycles. The lowest BCUT2D eigenvalue weighted by molar-refractivity contribution is -0.140. The molecule has 0 fully saturated rings. The third-order valence-electron chi connectivity index (χ3n) is 2.00. The number of aliphatic carboxylic acids is 1. The van der Waals surface area contributed by atoms with Crippen molar-refractivity contribution in [2.75, 3.05) is 0 Å². The third kappa shape index (κ3) is 8.23. The van der Waals surface area contributed by atoms with Crippen LogP contribution < -0.4 is 5.32 Å². The Kier molecular flexibility index (Phi) is 5.64. The fraction of sp³-hybridized carbons (Fsp3) is 0.889. The van der Waals surface area contributed by atoms with E-state index in [4.69, 9.17) is 5.11 Å². The Hall–Kier alpha value is -0.780. The van der Waals surface area contributed by atoms with Gasteiger partial charge in [0.2, 0.25) is 0 Å². The molecule has 0 rings (SSSR count). The Balaban J connectivity index is 3.67. The van der Waals surface area contributed by atoms with Crippen LogP contribution in [-0.4, -0.2) is 29.3 Å². The number of halogens is 3. The van der Waals surface area contributed by atoms with E-state index in [0.29, 0.717) is 6.42 Å². The zero-order chi connectivity index (χ0) is 12.1. The smallest absolute Gasteiger partial charge is 0.389 e. The van der Waals surface area contributed by atoms with Crippen molar-refractivity contribution in [2.24, 2.45) is 0 Å². The summed E-state index contributed by atoms with van der Waals surface area (Å²) >= 11 is 0. The first kappa shape index (κ1) is 14.2. The molecular weight excluding hydrogens is 211 g/mol. The van der Waals surface area contributed by atoms with Gasteiger partial charge in [-0.25, -0.2) is 0 Å². The Morgan fingerprint density at radius 1 is 1.40 bits per heavy atom. The summed E-state index contributed by atoms with van der Waals surface area (Å²) in [6, 6.07) is -0.954. The minimum Gasteiger partial charge on any atom is -0.480 e. The molecule has 0 aliphatic carbocycles. The first-order chi connectivity index (χ1) is 6.72. The number of carbonyl (C=O) groups is 1. The van der Waals surface area contributed by atoms with Crippen molar-refractivity contribution >= 4 is 5.97 Å². The maximum absolute atomic E-state index is 11.8. The van der Waals surface area contributed by atoms with E-state index in [2.05, 4.69) is 5.32 Å². The Bertz CT molecular complexity index is 206. The van der Waals surface area contributed by atoms with Crippen LogP contribution in [0.3, 0.4) is 0 Å². The fourth-order valence-electron chi connectivity index (χ4n) is 1.19. The van der Waals surface area contributed by atoms with E-state index in [1.165, 1.54) is 6.92 Å². The predicted octanol–water partition coefficient (Wildman–Crippen LogP) is 2.17. The molecule has 0 spiro atoms. The SMILES string of the molecule is CC(CCCC(F)(F)F)NC(C)C(=O)O. The predicted molar refractivity (Wildman–Crippen MR) is 49.6 cm³/mol. The van der Waals surface area contributed by atoms with E-state index in [0.717, 1.165) is 0 Å². The highest BCUT2D eigenvalue weighted by Crippen LogP contribution is 2.22. The summed E-state index contributed by atoms with van der Waals surface area (Å²) in [5.41, 5.74) is 0. The number of hydrogen-bond donors (Lipinski definition) is 2. The first-order valence-electron chi connectivity index (χ1n) is 4.78. The zero-order valence-electron chi connectivity index (χ0n) is 8.77. The van der Waals surface area contributed by atoms with E-state index in [9.17, 15) is 18.0 Å². The second-order valence-electron chi connectivity index (χ2n) is 3.64. The third-order valence-corrected chi connectivity index (χ3v) is 2.00. The molecule has 0 aromatic heterocycles. The second-order valence-corrected chi connectivity index (χ2v) is 3.64. The van der Waals surface area contributed by atoms with E-state index < -0.39 is 24.6 Å². The summed E-state index contributed by atoms with van der Waals surface area (Å²) in [7, 11) is 0. The van der Waals surface area contributed by atoms with Gasteiger partial charge in [-0.1, -0.05) is 0 Å². The van der Waals surface area contributed by atoms with Crippen molar-refractivity contribution in [3.63, 3.8) is 0 Å². The van der Waals surface area contributed by atoms with Crippen molar-refractivity contribution in [3.05, 3.63) is 0 Å². The lowest BCUT2D eigenvalue weighted by Gasteiger charge is -2.17. The van der Waals surface area contributed by atoms with Gasteiger partial charge in [0.25, 0.3) is 0 Å². The molecule has 2 unspecified atom stereocenters. The minimum atomic E-state index is -4.13. The van der Waals surface area contributed by atoms with Crippen LogP contribution >= 0.6 is 0 Å². The summed E-state index contributed by atoms with van der Waals surface area (Å²) in [5, 5.41) is 11.2. The van der Waals surface area contributed by atoms with Crippen LogP contribution in [-0.2, 0) is 4.79 Å². The highest BCUT2D eigenvalue weighted by Gasteiger charge is 2.26. The molecule has 3 nitrogen and oxygen atoms in total. The molecule has 0 amide bonds. The number of carboxylic acid groups (broad SMARTS) is 1. The summed E-state index contributed by atoms with van der Waals surface area (Å²) in [6.45, 7) is 3.14. The molecule has 15 heavy (non-hydrogen) atoms. The molecule has 2 N–H and O–H groups in total. The van der Waals surface area contributed by atoms with Crippen LogP contribution in [0.2, 0.25) is 0 Å². The van der Waals surface area contributed by atoms with Gasteiger partial charge in [0.05, 0.1) is 0 Å². The van der Waals surface area contributed by atoms with Crippen LogP contribution in [0.4, 0.5) is 13.2 Å². The van der Waals surface area contributed by atoms with E-state index in [-0.39, 0.29) is 12.5 Å². The van der Waals surface area contributed by atoms with Gasteiger partial charge in [-0.2, -0.15) is 13.2 Å². The molecule has 0 saturated heterocycles. The zero-order valence-corrected chi connectivity index (χ0v) is 8.77.